The van der Waals surface area contributed by atoms with Crippen LogP contribution in [0.25, 0.3) is 0 Å². The summed E-state index contributed by atoms with van der Waals surface area (Å²) in [6.45, 7) is 4.91. The van der Waals surface area contributed by atoms with Gasteiger partial charge in [0.2, 0.25) is 11.8 Å². The Labute approximate surface area is 118 Å². The minimum Gasteiger partial charge on any atom is -0.481 e. The molecule has 112 valence electrons. The van der Waals surface area contributed by atoms with Crippen LogP contribution in [-0.2, 0) is 14.4 Å². The second-order valence-corrected chi connectivity index (χ2v) is 6.05. The predicted molar refractivity (Wildman–Crippen MR) is 71.8 cm³/mol. The molecule has 1 aliphatic carbocycles. The van der Waals surface area contributed by atoms with Gasteiger partial charge in [0, 0.05) is 25.0 Å². The van der Waals surface area contributed by atoms with Gasteiger partial charge in [-0.15, -0.1) is 0 Å². The molecule has 2 fully saturated rings. The molecular weight excluding hydrogens is 260 g/mol. The van der Waals surface area contributed by atoms with Crippen molar-refractivity contribution in [3.8, 4) is 0 Å². The fourth-order valence-electron chi connectivity index (χ4n) is 2.59. The summed E-state index contributed by atoms with van der Waals surface area (Å²) in [5, 5.41) is 11.8. The molecule has 2 atom stereocenters. The maximum Gasteiger partial charge on any atom is 0.307 e. The number of hydrogen-bond donors (Lipinski definition) is 2. The van der Waals surface area contributed by atoms with Crippen LogP contribution in [-0.4, -0.2) is 46.9 Å². The van der Waals surface area contributed by atoms with Gasteiger partial charge in [0.25, 0.3) is 0 Å². The molecule has 2 N–H and O–H groups in total. The summed E-state index contributed by atoms with van der Waals surface area (Å²) in [7, 11) is 0. The Balaban J connectivity index is 1.76. The zero-order valence-electron chi connectivity index (χ0n) is 12.0. The summed E-state index contributed by atoms with van der Waals surface area (Å²) in [4.78, 5) is 36.2. The maximum atomic E-state index is 12.1. The molecule has 0 aromatic heterocycles. The van der Waals surface area contributed by atoms with Gasteiger partial charge in [0.15, 0.2) is 0 Å². The van der Waals surface area contributed by atoms with E-state index in [-0.39, 0.29) is 29.7 Å². The van der Waals surface area contributed by atoms with Crippen molar-refractivity contribution in [2.24, 2.45) is 17.8 Å². The van der Waals surface area contributed by atoms with Gasteiger partial charge in [0.05, 0.1) is 11.8 Å². The number of carboxylic acid groups (broad SMARTS) is 1. The van der Waals surface area contributed by atoms with Gasteiger partial charge in [-0.2, -0.15) is 0 Å². The molecule has 2 unspecified atom stereocenters. The first-order chi connectivity index (χ1) is 9.40. The molecule has 0 radical (unpaired) electrons. The zero-order chi connectivity index (χ0) is 14.9. The molecule has 0 aromatic carbocycles. The third-order valence-electron chi connectivity index (χ3n) is 4.10. The molecule has 0 aromatic rings. The average molecular weight is 282 g/mol. The van der Waals surface area contributed by atoms with Crippen molar-refractivity contribution in [3.63, 3.8) is 0 Å². The molecule has 6 heteroatoms. The Morgan fingerprint density at radius 2 is 1.75 bits per heavy atom. The Kier molecular flexibility index (Phi) is 4.30. The summed E-state index contributed by atoms with van der Waals surface area (Å²) in [6.07, 6.45) is 1.96. The first-order valence-electron chi connectivity index (χ1n) is 7.22. The van der Waals surface area contributed by atoms with Gasteiger partial charge >= 0.3 is 5.97 Å². The summed E-state index contributed by atoms with van der Waals surface area (Å²) in [5.41, 5.74) is 0. The fourth-order valence-corrected chi connectivity index (χ4v) is 2.59. The smallest absolute Gasteiger partial charge is 0.307 e. The second kappa shape index (κ2) is 5.81. The highest BCUT2D eigenvalue weighted by Crippen LogP contribution is 2.40. The van der Waals surface area contributed by atoms with Crippen LogP contribution in [0.4, 0.5) is 0 Å². The Morgan fingerprint density at radius 3 is 2.20 bits per heavy atom. The zero-order valence-corrected chi connectivity index (χ0v) is 12.0. The molecule has 1 heterocycles. The number of carboxylic acids is 1. The van der Waals surface area contributed by atoms with Gasteiger partial charge in [-0.1, -0.05) is 13.8 Å². The lowest BCUT2D eigenvalue weighted by atomic mass is 10.0. The molecule has 20 heavy (non-hydrogen) atoms. The Morgan fingerprint density at radius 1 is 1.15 bits per heavy atom. The topological polar surface area (TPSA) is 86.7 Å². The van der Waals surface area contributed by atoms with Gasteiger partial charge in [-0.25, -0.2) is 0 Å². The molecule has 0 spiro atoms. The molecule has 2 amide bonds. The molecule has 2 rings (SSSR count). The first kappa shape index (κ1) is 14.8. The van der Waals surface area contributed by atoms with Crippen molar-refractivity contribution in [3.05, 3.63) is 0 Å². The molecule has 1 aliphatic heterocycles. The van der Waals surface area contributed by atoms with Crippen LogP contribution in [0.15, 0.2) is 0 Å². The third-order valence-corrected chi connectivity index (χ3v) is 4.10. The van der Waals surface area contributed by atoms with Crippen molar-refractivity contribution >= 4 is 17.8 Å². The van der Waals surface area contributed by atoms with E-state index in [0.29, 0.717) is 19.5 Å². The van der Waals surface area contributed by atoms with Gasteiger partial charge < -0.3 is 15.3 Å². The number of carbonyl (C=O) groups excluding carboxylic acids is 2. The van der Waals surface area contributed by atoms with E-state index in [9.17, 15) is 14.4 Å². The van der Waals surface area contributed by atoms with E-state index in [1.807, 2.05) is 13.8 Å². The van der Waals surface area contributed by atoms with Crippen molar-refractivity contribution < 1.29 is 19.5 Å². The predicted octanol–water partition coefficient (Wildman–Crippen LogP) is 0.470. The molecule has 6 nitrogen and oxygen atoms in total. The van der Waals surface area contributed by atoms with Crippen molar-refractivity contribution in [1.82, 2.24) is 10.2 Å². The number of amides is 2. The molecular formula is C14H22N2O4. The SMILES string of the molecule is CC(C)C(=O)NC1CCN(C(=O)C2CC2C(=O)O)CC1. The van der Waals surface area contributed by atoms with Crippen LogP contribution < -0.4 is 5.32 Å². The number of aliphatic carboxylic acids is 1. The molecule has 0 bridgehead atoms. The van der Waals surface area contributed by atoms with E-state index in [1.54, 1.807) is 4.90 Å². The van der Waals surface area contributed by atoms with E-state index < -0.39 is 11.9 Å². The lowest BCUT2D eigenvalue weighted by Crippen LogP contribution is -2.48. The van der Waals surface area contributed by atoms with E-state index >= 15 is 0 Å². The normalized spacial score (nSPS) is 26.4. The van der Waals surface area contributed by atoms with Crippen LogP contribution in [0.1, 0.15) is 33.1 Å². The van der Waals surface area contributed by atoms with E-state index in [0.717, 1.165) is 12.8 Å². The van der Waals surface area contributed by atoms with Crippen molar-refractivity contribution in [2.45, 2.75) is 39.2 Å². The van der Waals surface area contributed by atoms with Gasteiger partial charge in [-0.05, 0) is 19.3 Å². The van der Waals surface area contributed by atoms with Gasteiger partial charge in [-0.3, -0.25) is 14.4 Å². The molecule has 1 saturated carbocycles. The van der Waals surface area contributed by atoms with E-state index in [2.05, 4.69) is 5.32 Å². The van der Waals surface area contributed by atoms with E-state index in [1.165, 1.54) is 0 Å². The Hall–Kier alpha value is -1.59. The monoisotopic (exact) mass is 282 g/mol. The number of nitrogens with one attached hydrogen (secondary N) is 1. The summed E-state index contributed by atoms with van der Waals surface area (Å²) in [5.74, 6) is -1.70. The number of rotatable bonds is 4. The van der Waals surface area contributed by atoms with Crippen LogP contribution in [0.5, 0.6) is 0 Å². The number of hydrogen-bond acceptors (Lipinski definition) is 3. The van der Waals surface area contributed by atoms with Crippen LogP contribution in [0, 0.1) is 17.8 Å². The van der Waals surface area contributed by atoms with Crippen LogP contribution in [0.2, 0.25) is 0 Å². The maximum absolute atomic E-state index is 12.1. The molecule has 1 saturated heterocycles. The standard InChI is InChI=1S/C14H22N2O4/c1-8(2)12(17)15-9-3-5-16(6-4-9)13(18)10-7-11(10)14(19)20/h8-11H,3-7H2,1-2H3,(H,15,17)(H,19,20). The summed E-state index contributed by atoms with van der Waals surface area (Å²) >= 11 is 0. The minimum absolute atomic E-state index is 0.0301. The first-order valence-corrected chi connectivity index (χ1v) is 7.22. The highest BCUT2D eigenvalue weighted by atomic mass is 16.4. The number of piperidine rings is 1. The highest BCUT2D eigenvalue weighted by Gasteiger charge is 2.50. The van der Waals surface area contributed by atoms with Crippen molar-refractivity contribution in [1.29, 1.82) is 0 Å². The van der Waals surface area contributed by atoms with Crippen molar-refractivity contribution in [2.75, 3.05) is 13.1 Å². The average Bonchev–Trinajstić information content (AvgIpc) is 3.19. The highest BCUT2D eigenvalue weighted by molar-refractivity contribution is 5.89. The minimum atomic E-state index is -0.873. The second-order valence-electron chi connectivity index (χ2n) is 6.05. The third kappa shape index (κ3) is 3.29. The number of nitrogens with zero attached hydrogens (tertiary/aromatic N) is 1. The largest absolute Gasteiger partial charge is 0.481 e. The van der Waals surface area contributed by atoms with Gasteiger partial charge in [0.1, 0.15) is 0 Å². The van der Waals surface area contributed by atoms with Crippen LogP contribution in [0.3, 0.4) is 0 Å². The molecule has 2 aliphatic rings. The summed E-state index contributed by atoms with van der Waals surface area (Å²) < 4.78 is 0. The lowest BCUT2D eigenvalue weighted by molar-refractivity contribution is -0.142. The van der Waals surface area contributed by atoms with E-state index in [4.69, 9.17) is 5.11 Å². The fraction of sp³-hybridized carbons (Fsp3) is 0.786. The number of likely N-dealkylation sites (tertiary alicyclic amines) is 1. The number of carbonyl (C=O) groups is 3. The Bertz CT molecular complexity index is 413. The quantitative estimate of drug-likeness (QED) is 0.784. The lowest BCUT2D eigenvalue weighted by Gasteiger charge is -2.33. The van der Waals surface area contributed by atoms with Crippen LogP contribution >= 0.6 is 0 Å². The summed E-state index contributed by atoms with van der Waals surface area (Å²) in [6, 6.07) is 0.128.